The molecule has 2 heterocycles. The number of likely N-dealkylation sites (tertiary alicyclic amines) is 1. The molecule has 126 valence electrons. The third kappa shape index (κ3) is 2.41. The zero-order valence-electron chi connectivity index (χ0n) is 13.6. The zero-order valence-corrected chi connectivity index (χ0v) is 13.6. The van der Waals surface area contributed by atoms with Crippen LogP contribution in [0.1, 0.15) is 48.3 Å². The standard InChI is InChI=1S/C18H22N4O2/c23-17(16-19-12-20-21-16)22-11-10-18(24,13-6-2-1-3-7-13)14-8-4-5-9-15(14)22/h1-3,6-7,12,14-15,24H,4-5,8-11H2,(H,19,20,21)/t14-,15+,18?/m0/s1. The Kier molecular flexibility index (Phi) is 3.84. The minimum atomic E-state index is -0.857. The second-order valence-electron chi connectivity index (χ2n) is 6.83. The predicted octanol–water partition coefficient (Wildman–Crippen LogP) is 2.10. The summed E-state index contributed by atoms with van der Waals surface area (Å²) in [6.07, 6.45) is 5.97. The Bertz CT molecular complexity index is 703. The fraction of sp³-hybridized carbons (Fsp3) is 0.500. The van der Waals surface area contributed by atoms with Crippen LogP contribution in [0.4, 0.5) is 0 Å². The number of fused-ring (bicyclic) bond motifs is 1. The van der Waals surface area contributed by atoms with E-state index in [1.165, 1.54) is 6.33 Å². The minimum Gasteiger partial charge on any atom is -0.385 e. The number of benzene rings is 1. The molecule has 0 spiro atoms. The number of carbonyl (C=O) groups excluding carboxylic acids is 1. The number of aromatic amines is 1. The molecule has 1 aliphatic heterocycles. The van der Waals surface area contributed by atoms with Gasteiger partial charge in [0.2, 0.25) is 5.82 Å². The van der Waals surface area contributed by atoms with Crippen LogP contribution in [0.5, 0.6) is 0 Å². The van der Waals surface area contributed by atoms with Crippen LogP contribution in [0.15, 0.2) is 36.7 Å². The molecule has 1 unspecified atom stereocenters. The summed E-state index contributed by atoms with van der Waals surface area (Å²) >= 11 is 0. The van der Waals surface area contributed by atoms with E-state index in [1.54, 1.807) is 0 Å². The molecule has 2 fully saturated rings. The second-order valence-corrected chi connectivity index (χ2v) is 6.83. The van der Waals surface area contributed by atoms with E-state index in [-0.39, 0.29) is 23.7 Å². The van der Waals surface area contributed by atoms with Crippen molar-refractivity contribution in [1.29, 1.82) is 0 Å². The summed E-state index contributed by atoms with van der Waals surface area (Å²) in [7, 11) is 0. The highest BCUT2D eigenvalue weighted by molar-refractivity contribution is 5.90. The molecule has 3 atom stereocenters. The molecule has 2 aromatic rings. The number of rotatable bonds is 2. The van der Waals surface area contributed by atoms with Crippen LogP contribution in [0.25, 0.3) is 0 Å². The van der Waals surface area contributed by atoms with E-state index in [2.05, 4.69) is 15.2 Å². The topological polar surface area (TPSA) is 82.1 Å². The number of aromatic nitrogens is 3. The van der Waals surface area contributed by atoms with Gasteiger partial charge in [-0.25, -0.2) is 4.98 Å². The van der Waals surface area contributed by atoms with Crippen molar-refractivity contribution in [3.63, 3.8) is 0 Å². The van der Waals surface area contributed by atoms with Crippen molar-refractivity contribution in [3.8, 4) is 0 Å². The number of nitrogens with zero attached hydrogens (tertiary/aromatic N) is 3. The van der Waals surface area contributed by atoms with E-state index in [9.17, 15) is 9.90 Å². The first-order valence-electron chi connectivity index (χ1n) is 8.64. The highest BCUT2D eigenvalue weighted by Crippen LogP contribution is 2.47. The molecule has 1 amide bonds. The quantitative estimate of drug-likeness (QED) is 0.885. The Labute approximate surface area is 140 Å². The molecule has 4 rings (SSSR count). The maximum absolute atomic E-state index is 12.8. The van der Waals surface area contributed by atoms with Gasteiger partial charge in [-0.3, -0.25) is 9.89 Å². The predicted molar refractivity (Wildman–Crippen MR) is 88.1 cm³/mol. The molecule has 1 saturated heterocycles. The van der Waals surface area contributed by atoms with Crippen molar-refractivity contribution in [3.05, 3.63) is 48.0 Å². The molecule has 24 heavy (non-hydrogen) atoms. The van der Waals surface area contributed by atoms with Crippen LogP contribution < -0.4 is 0 Å². The number of carbonyl (C=O) groups is 1. The van der Waals surface area contributed by atoms with Crippen molar-refractivity contribution in [2.75, 3.05) is 6.54 Å². The summed E-state index contributed by atoms with van der Waals surface area (Å²) in [6, 6.07) is 9.96. The lowest BCUT2D eigenvalue weighted by Crippen LogP contribution is -2.59. The lowest BCUT2D eigenvalue weighted by Gasteiger charge is -2.52. The van der Waals surface area contributed by atoms with Crippen LogP contribution in [-0.2, 0) is 5.60 Å². The average molecular weight is 326 g/mol. The van der Waals surface area contributed by atoms with Crippen LogP contribution in [-0.4, -0.2) is 43.7 Å². The Hall–Kier alpha value is -2.21. The molecular formula is C18H22N4O2. The van der Waals surface area contributed by atoms with Gasteiger partial charge >= 0.3 is 0 Å². The van der Waals surface area contributed by atoms with Gasteiger partial charge < -0.3 is 10.0 Å². The molecule has 2 aliphatic rings. The third-order valence-corrected chi connectivity index (χ3v) is 5.63. The first kappa shape index (κ1) is 15.3. The Morgan fingerprint density at radius 1 is 1.25 bits per heavy atom. The number of hydrogen-bond donors (Lipinski definition) is 2. The van der Waals surface area contributed by atoms with Crippen LogP contribution in [0.3, 0.4) is 0 Å². The normalized spacial score (nSPS) is 30.0. The van der Waals surface area contributed by atoms with Crippen molar-refractivity contribution in [2.45, 2.75) is 43.7 Å². The van der Waals surface area contributed by atoms with Gasteiger partial charge in [0.25, 0.3) is 5.91 Å². The molecule has 0 bridgehead atoms. The lowest BCUT2D eigenvalue weighted by molar-refractivity contribution is -0.110. The van der Waals surface area contributed by atoms with Crippen LogP contribution >= 0.6 is 0 Å². The lowest BCUT2D eigenvalue weighted by atomic mass is 9.66. The van der Waals surface area contributed by atoms with Gasteiger partial charge in [0.05, 0.1) is 5.60 Å². The monoisotopic (exact) mass is 326 g/mol. The van der Waals surface area contributed by atoms with Gasteiger partial charge in [-0.1, -0.05) is 43.2 Å². The number of H-pyrrole nitrogens is 1. The van der Waals surface area contributed by atoms with Gasteiger partial charge in [0.1, 0.15) is 6.33 Å². The molecular weight excluding hydrogens is 304 g/mol. The maximum atomic E-state index is 12.8. The zero-order chi connectivity index (χ0) is 16.6. The van der Waals surface area contributed by atoms with E-state index in [4.69, 9.17) is 0 Å². The van der Waals surface area contributed by atoms with Gasteiger partial charge in [0, 0.05) is 18.5 Å². The molecule has 1 aliphatic carbocycles. The van der Waals surface area contributed by atoms with E-state index in [1.807, 2.05) is 35.2 Å². The summed E-state index contributed by atoms with van der Waals surface area (Å²) in [5, 5.41) is 17.9. The number of hydrogen-bond acceptors (Lipinski definition) is 4. The molecule has 2 N–H and O–H groups in total. The van der Waals surface area contributed by atoms with Gasteiger partial charge in [-0.05, 0) is 24.8 Å². The van der Waals surface area contributed by atoms with Crippen LogP contribution in [0, 0.1) is 5.92 Å². The highest BCUT2D eigenvalue weighted by Gasteiger charge is 2.50. The van der Waals surface area contributed by atoms with E-state index < -0.39 is 5.60 Å². The molecule has 1 aromatic carbocycles. The molecule has 6 heteroatoms. The fourth-order valence-corrected chi connectivity index (χ4v) is 4.47. The van der Waals surface area contributed by atoms with Crippen LogP contribution in [0.2, 0.25) is 0 Å². The summed E-state index contributed by atoms with van der Waals surface area (Å²) in [4.78, 5) is 18.7. The third-order valence-electron chi connectivity index (χ3n) is 5.63. The van der Waals surface area contributed by atoms with E-state index in [0.717, 1.165) is 31.2 Å². The number of piperidine rings is 1. The van der Waals surface area contributed by atoms with Crippen molar-refractivity contribution >= 4 is 5.91 Å². The van der Waals surface area contributed by atoms with Crippen molar-refractivity contribution in [2.24, 2.45) is 5.92 Å². The summed E-state index contributed by atoms with van der Waals surface area (Å²) in [5.74, 6) is 0.234. The molecule has 6 nitrogen and oxygen atoms in total. The highest BCUT2D eigenvalue weighted by atomic mass is 16.3. The van der Waals surface area contributed by atoms with Crippen molar-refractivity contribution < 1.29 is 9.90 Å². The van der Waals surface area contributed by atoms with E-state index >= 15 is 0 Å². The SMILES string of the molecule is O=C(c1ncn[nH]1)N1CCC(O)(c2ccccc2)[C@H]2CCCC[C@H]21. The maximum Gasteiger partial charge on any atom is 0.291 e. The summed E-state index contributed by atoms with van der Waals surface area (Å²) in [6.45, 7) is 0.534. The van der Waals surface area contributed by atoms with E-state index in [0.29, 0.717) is 13.0 Å². The summed E-state index contributed by atoms with van der Waals surface area (Å²) in [5.41, 5.74) is 0.110. The first-order chi connectivity index (χ1) is 11.7. The van der Waals surface area contributed by atoms with Crippen molar-refractivity contribution in [1.82, 2.24) is 20.1 Å². The second kappa shape index (κ2) is 6.02. The fourth-order valence-electron chi connectivity index (χ4n) is 4.47. The summed E-state index contributed by atoms with van der Waals surface area (Å²) < 4.78 is 0. The number of aliphatic hydroxyl groups is 1. The average Bonchev–Trinajstić information content (AvgIpc) is 3.17. The minimum absolute atomic E-state index is 0.0512. The first-order valence-corrected chi connectivity index (χ1v) is 8.64. The Balaban J connectivity index is 1.66. The largest absolute Gasteiger partial charge is 0.385 e. The number of amides is 1. The molecule has 0 radical (unpaired) electrons. The molecule has 1 saturated carbocycles. The Morgan fingerprint density at radius 3 is 2.79 bits per heavy atom. The Morgan fingerprint density at radius 2 is 2.04 bits per heavy atom. The number of nitrogens with one attached hydrogen (secondary N) is 1. The van der Waals surface area contributed by atoms with Gasteiger partial charge in [0.15, 0.2) is 0 Å². The smallest absolute Gasteiger partial charge is 0.291 e. The molecule has 1 aromatic heterocycles. The van der Waals surface area contributed by atoms with Gasteiger partial charge in [-0.2, -0.15) is 5.10 Å². The van der Waals surface area contributed by atoms with Gasteiger partial charge in [-0.15, -0.1) is 0 Å².